The Balaban J connectivity index is 1.61. The summed E-state index contributed by atoms with van der Waals surface area (Å²) in [6, 6.07) is 11.7. The summed E-state index contributed by atoms with van der Waals surface area (Å²) in [5.74, 6) is 0.830. The second kappa shape index (κ2) is 9.55. The van der Waals surface area contributed by atoms with E-state index in [1.807, 2.05) is 0 Å². The molecule has 2 aliphatic heterocycles. The first kappa shape index (κ1) is 17.9. The fourth-order valence-corrected chi connectivity index (χ4v) is 4.65. The number of benzene rings is 1. The quantitative estimate of drug-likeness (QED) is 0.739. The highest BCUT2D eigenvalue weighted by Crippen LogP contribution is 2.31. The van der Waals surface area contributed by atoms with E-state index in [9.17, 15) is 0 Å². The average molecular weight is 331 g/mol. The zero-order chi connectivity index (χ0) is 16.6. The van der Waals surface area contributed by atoms with Gasteiger partial charge in [-0.1, -0.05) is 36.8 Å². The number of hydrogen-bond donors (Lipinski definition) is 1. The third-order valence-corrected chi connectivity index (χ3v) is 5.85. The maximum atomic E-state index is 9.12. The smallest absolute Gasteiger partial charge is 0.0431 e. The SMILES string of the molecule is OCCCCN(Cc1ccccc1)C[C@@H]1CCCN2CCCC[C@H]12. The highest BCUT2D eigenvalue weighted by Gasteiger charge is 2.33. The molecule has 0 amide bonds. The average Bonchev–Trinajstić information content (AvgIpc) is 2.63. The summed E-state index contributed by atoms with van der Waals surface area (Å²) in [5.41, 5.74) is 1.41. The molecule has 0 bridgehead atoms. The number of aliphatic hydroxyl groups is 1. The number of nitrogens with zero attached hydrogens (tertiary/aromatic N) is 2. The lowest BCUT2D eigenvalue weighted by molar-refractivity contribution is 0.0384. The molecule has 2 atom stereocenters. The summed E-state index contributed by atoms with van der Waals surface area (Å²) >= 11 is 0. The number of unbranched alkanes of at least 4 members (excludes halogenated alkanes) is 1. The number of rotatable bonds is 8. The van der Waals surface area contributed by atoms with Gasteiger partial charge < -0.3 is 10.0 Å². The van der Waals surface area contributed by atoms with Gasteiger partial charge in [0.15, 0.2) is 0 Å². The molecule has 3 nitrogen and oxygen atoms in total. The fraction of sp³-hybridized carbons (Fsp3) is 0.714. The van der Waals surface area contributed by atoms with Crippen LogP contribution in [0.1, 0.15) is 50.5 Å². The largest absolute Gasteiger partial charge is 0.396 e. The summed E-state index contributed by atoms with van der Waals surface area (Å²) in [6.07, 6.45) is 9.01. The molecular formula is C21H34N2O. The van der Waals surface area contributed by atoms with Crippen LogP contribution in [0.2, 0.25) is 0 Å². The molecule has 2 heterocycles. The lowest BCUT2D eigenvalue weighted by atomic mass is 9.83. The number of aliphatic hydroxyl groups excluding tert-OH is 1. The molecule has 2 saturated heterocycles. The molecule has 3 rings (SSSR count). The van der Waals surface area contributed by atoms with Crippen molar-refractivity contribution in [2.24, 2.45) is 5.92 Å². The van der Waals surface area contributed by atoms with Gasteiger partial charge in [0, 0.05) is 25.7 Å². The summed E-state index contributed by atoms with van der Waals surface area (Å²) in [7, 11) is 0. The lowest BCUT2D eigenvalue weighted by Gasteiger charge is -2.45. The molecule has 0 unspecified atom stereocenters. The molecule has 24 heavy (non-hydrogen) atoms. The maximum Gasteiger partial charge on any atom is 0.0431 e. The first-order valence-corrected chi connectivity index (χ1v) is 9.98. The first-order chi connectivity index (χ1) is 11.9. The second-order valence-corrected chi connectivity index (χ2v) is 7.65. The molecule has 0 aliphatic carbocycles. The van der Waals surface area contributed by atoms with Gasteiger partial charge in [0.25, 0.3) is 0 Å². The monoisotopic (exact) mass is 330 g/mol. The van der Waals surface area contributed by atoms with E-state index in [0.717, 1.165) is 37.9 Å². The Morgan fingerprint density at radius 1 is 1.00 bits per heavy atom. The van der Waals surface area contributed by atoms with Gasteiger partial charge in [-0.25, -0.2) is 0 Å². The number of fused-ring (bicyclic) bond motifs is 1. The van der Waals surface area contributed by atoms with Crippen molar-refractivity contribution < 1.29 is 5.11 Å². The first-order valence-electron chi connectivity index (χ1n) is 9.98. The molecule has 3 heteroatoms. The summed E-state index contributed by atoms with van der Waals surface area (Å²) in [4.78, 5) is 5.42. The van der Waals surface area contributed by atoms with Gasteiger partial charge in [-0.05, 0) is 69.6 Å². The Labute approximate surface area is 147 Å². The zero-order valence-corrected chi connectivity index (χ0v) is 15.1. The molecule has 0 saturated carbocycles. The van der Waals surface area contributed by atoms with E-state index in [-0.39, 0.29) is 0 Å². The molecule has 2 aliphatic rings. The Hall–Kier alpha value is -0.900. The predicted octanol–water partition coefficient (Wildman–Crippen LogP) is 3.53. The summed E-state index contributed by atoms with van der Waals surface area (Å²) in [6.45, 7) is 6.35. The van der Waals surface area contributed by atoms with Crippen molar-refractivity contribution in [3.63, 3.8) is 0 Å². The second-order valence-electron chi connectivity index (χ2n) is 7.65. The highest BCUT2D eigenvalue weighted by molar-refractivity contribution is 5.14. The van der Waals surface area contributed by atoms with E-state index >= 15 is 0 Å². The van der Waals surface area contributed by atoms with Crippen LogP contribution in [0.5, 0.6) is 0 Å². The van der Waals surface area contributed by atoms with Gasteiger partial charge in [-0.3, -0.25) is 4.90 Å². The van der Waals surface area contributed by atoms with Crippen LogP contribution in [0.3, 0.4) is 0 Å². The predicted molar refractivity (Wildman–Crippen MR) is 100.0 cm³/mol. The molecule has 1 aromatic carbocycles. The van der Waals surface area contributed by atoms with Gasteiger partial charge in [-0.15, -0.1) is 0 Å². The molecule has 2 fully saturated rings. The van der Waals surface area contributed by atoms with Crippen molar-refractivity contribution in [3.05, 3.63) is 35.9 Å². The highest BCUT2D eigenvalue weighted by atomic mass is 16.2. The lowest BCUT2D eigenvalue weighted by Crippen LogP contribution is -2.51. The van der Waals surface area contributed by atoms with Crippen LogP contribution in [-0.2, 0) is 6.54 Å². The van der Waals surface area contributed by atoms with Gasteiger partial charge in [0.2, 0.25) is 0 Å². The Morgan fingerprint density at radius 2 is 1.83 bits per heavy atom. The van der Waals surface area contributed by atoms with Crippen LogP contribution in [0.15, 0.2) is 30.3 Å². The fourth-order valence-electron chi connectivity index (χ4n) is 4.65. The third-order valence-electron chi connectivity index (χ3n) is 5.85. The Kier molecular flexibility index (Phi) is 7.13. The molecule has 134 valence electrons. The maximum absolute atomic E-state index is 9.12. The Morgan fingerprint density at radius 3 is 2.67 bits per heavy atom. The minimum absolute atomic E-state index is 0.318. The summed E-state index contributed by atoms with van der Waals surface area (Å²) in [5, 5.41) is 9.12. The van der Waals surface area contributed by atoms with Crippen molar-refractivity contribution in [2.75, 3.05) is 32.8 Å². The standard InChI is InChI=1S/C21H34N2O/c24-16-7-6-13-22(17-19-9-2-1-3-10-19)18-20-11-8-15-23-14-5-4-12-21(20)23/h1-3,9-10,20-21,24H,4-8,11-18H2/t20-,21+/m0/s1. The van der Waals surface area contributed by atoms with Crippen molar-refractivity contribution in [1.29, 1.82) is 0 Å². The third kappa shape index (κ3) is 5.05. The molecule has 1 aromatic rings. The van der Waals surface area contributed by atoms with Gasteiger partial charge in [0.05, 0.1) is 0 Å². The molecule has 0 aromatic heterocycles. The van der Waals surface area contributed by atoms with E-state index < -0.39 is 0 Å². The minimum atomic E-state index is 0.318. The molecular weight excluding hydrogens is 296 g/mol. The minimum Gasteiger partial charge on any atom is -0.396 e. The van der Waals surface area contributed by atoms with Gasteiger partial charge >= 0.3 is 0 Å². The molecule has 0 spiro atoms. The van der Waals surface area contributed by atoms with Gasteiger partial charge in [-0.2, -0.15) is 0 Å². The van der Waals surface area contributed by atoms with E-state index in [1.165, 1.54) is 57.3 Å². The van der Waals surface area contributed by atoms with Gasteiger partial charge in [0.1, 0.15) is 0 Å². The van der Waals surface area contributed by atoms with E-state index in [2.05, 4.69) is 40.1 Å². The van der Waals surface area contributed by atoms with Crippen molar-refractivity contribution in [2.45, 2.75) is 57.5 Å². The summed E-state index contributed by atoms with van der Waals surface area (Å²) < 4.78 is 0. The number of piperidine rings is 2. The normalized spacial score (nSPS) is 24.9. The van der Waals surface area contributed by atoms with Crippen LogP contribution >= 0.6 is 0 Å². The van der Waals surface area contributed by atoms with E-state index in [1.54, 1.807) is 0 Å². The topological polar surface area (TPSA) is 26.7 Å². The van der Waals surface area contributed by atoms with Crippen molar-refractivity contribution >= 4 is 0 Å². The van der Waals surface area contributed by atoms with Crippen LogP contribution in [0.4, 0.5) is 0 Å². The Bertz CT molecular complexity index is 462. The van der Waals surface area contributed by atoms with Crippen molar-refractivity contribution in [3.8, 4) is 0 Å². The molecule has 1 N–H and O–H groups in total. The zero-order valence-electron chi connectivity index (χ0n) is 15.1. The van der Waals surface area contributed by atoms with Crippen LogP contribution < -0.4 is 0 Å². The van der Waals surface area contributed by atoms with Crippen LogP contribution in [-0.4, -0.2) is 53.7 Å². The van der Waals surface area contributed by atoms with Crippen molar-refractivity contribution in [1.82, 2.24) is 9.80 Å². The molecule has 0 radical (unpaired) electrons. The van der Waals surface area contributed by atoms with E-state index in [4.69, 9.17) is 5.11 Å². The van der Waals surface area contributed by atoms with Crippen LogP contribution in [0.25, 0.3) is 0 Å². The van der Waals surface area contributed by atoms with E-state index in [0.29, 0.717) is 6.61 Å². The van der Waals surface area contributed by atoms with Crippen LogP contribution in [0, 0.1) is 5.92 Å². The number of hydrogen-bond acceptors (Lipinski definition) is 3.